The molecule has 0 aliphatic heterocycles. The van der Waals surface area contributed by atoms with Crippen molar-refractivity contribution >= 4 is 23.4 Å². The Bertz CT molecular complexity index is 961. The molecule has 3 rings (SSSR count). The smallest absolute Gasteiger partial charge is 0.416 e. The number of hydrogen-bond donors (Lipinski definition) is 3. The Kier molecular flexibility index (Phi) is 5.44. The van der Waals surface area contributed by atoms with Crippen molar-refractivity contribution in [3.63, 3.8) is 0 Å². The van der Waals surface area contributed by atoms with E-state index < -0.39 is 17.7 Å². The van der Waals surface area contributed by atoms with Crippen molar-refractivity contribution in [2.24, 2.45) is 0 Å². The van der Waals surface area contributed by atoms with Crippen molar-refractivity contribution in [3.8, 4) is 11.3 Å². The lowest BCUT2D eigenvalue weighted by molar-refractivity contribution is -0.137. The van der Waals surface area contributed by atoms with Crippen LogP contribution in [-0.4, -0.2) is 27.6 Å². The van der Waals surface area contributed by atoms with Crippen molar-refractivity contribution in [3.05, 3.63) is 66.2 Å². The van der Waals surface area contributed by atoms with Gasteiger partial charge in [0.2, 0.25) is 5.95 Å². The van der Waals surface area contributed by atoms with Crippen LogP contribution in [0.4, 0.5) is 30.6 Å². The lowest BCUT2D eigenvalue weighted by Gasteiger charge is -2.12. The van der Waals surface area contributed by atoms with Crippen LogP contribution in [-0.2, 0) is 11.0 Å². The standard InChI is InChI=1S/C19H15F3N4O2/c20-19(21,22)13-6-8-14(9-7-13)24-16-10-15(12-4-2-1-3-5-12)25-18(26-16)23-11-17(27)28/h1-10H,11H2,(H,27,28)(H2,23,24,25,26). The lowest BCUT2D eigenvalue weighted by Crippen LogP contribution is -2.15. The van der Waals surface area contributed by atoms with Gasteiger partial charge in [0.25, 0.3) is 0 Å². The van der Waals surface area contributed by atoms with Crippen molar-refractivity contribution in [2.45, 2.75) is 6.18 Å². The van der Waals surface area contributed by atoms with Gasteiger partial charge in [-0.3, -0.25) is 4.79 Å². The number of halogens is 3. The molecular formula is C19H15F3N4O2. The monoisotopic (exact) mass is 388 g/mol. The van der Waals surface area contributed by atoms with Crippen LogP contribution in [0.25, 0.3) is 11.3 Å². The van der Waals surface area contributed by atoms with Crippen LogP contribution in [0, 0.1) is 0 Å². The number of carboxylic acids is 1. The highest BCUT2D eigenvalue weighted by atomic mass is 19.4. The van der Waals surface area contributed by atoms with Crippen LogP contribution in [0.3, 0.4) is 0 Å². The lowest BCUT2D eigenvalue weighted by atomic mass is 10.1. The number of anilines is 3. The molecular weight excluding hydrogens is 373 g/mol. The number of benzene rings is 2. The van der Waals surface area contributed by atoms with E-state index in [1.165, 1.54) is 12.1 Å². The summed E-state index contributed by atoms with van der Waals surface area (Å²) in [5, 5.41) is 14.3. The summed E-state index contributed by atoms with van der Waals surface area (Å²) in [5.74, 6) is -0.689. The Labute approximate surface area is 158 Å². The van der Waals surface area contributed by atoms with E-state index in [0.29, 0.717) is 17.2 Å². The molecule has 1 heterocycles. The first-order chi connectivity index (χ1) is 13.3. The maximum atomic E-state index is 12.7. The van der Waals surface area contributed by atoms with Crippen molar-refractivity contribution in [1.82, 2.24) is 9.97 Å². The van der Waals surface area contributed by atoms with Gasteiger partial charge in [0.05, 0.1) is 11.3 Å². The van der Waals surface area contributed by atoms with Crippen LogP contribution >= 0.6 is 0 Å². The number of aliphatic carboxylic acids is 1. The fourth-order valence-electron chi connectivity index (χ4n) is 2.39. The third kappa shape index (κ3) is 4.97. The van der Waals surface area contributed by atoms with E-state index in [0.717, 1.165) is 17.7 Å². The van der Waals surface area contributed by atoms with Crippen molar-refractivity contribution in [1.29, 1.82) is 0 Å². The highest BCUT2D eigenvalue weighted by Gasteiger charge is 2.29. The summed E-state index contributed by atoms with van der Waals surface area (Å²) in [6, 6.07) is 15.3. The van der Waals surface area contributed by atoms with Crippen LogP contribution in [0.1, 0.15) is 5.56 Å². The predicted molar refractivity (Wildman–Crippen MR) is 98.3 cm³/mol. The highest BCUT2D eigenvalue weighted by molar-refractivity contribution is 5.73. The SMILES string of the molecule is O=C(O)CNc1nc(Nc2ccc(C(F)(F)F)cc2)cc(-c2ccccc2)n1. The van der Waals surface area contributed by atoms with Crippen molar-refractivity contribution < 1.29 is 23.1 Å². The van der Waals surface area contributed by atoms with Gasteiger partial charge in [-0.1, -0.05) is 30.3 Å². The molecule has 2 aromatic carbocycles. The van der Waals surface area contributed by atoms with Crippen LogP contribution in [0.2, 0.25) is 0 Å². The summed E-state index contributed by atoms with van der Waals surface area (Å²) in [5.41, 5.74) is 0.945. The number of alkyl halides is 3. The molecule has 9 heteroatoms. The topological polar surface area (TPSA) is 87.1 Å². The van der Waals surface area contributed by atoms with Gasteiger partial charge in [0.1, 0.15) is 12.4 Å². The highest BCUT2D eigenvalue weighted by Crippen LogP contribution is 2.30. The maximum absolute atomic E-state index is 12.7. The molecule has 0 atom stereocenters. The molecule has 0 saturated heterocycles. The van der Waals surface area contributed by atoms with E-state index in [-0.39, 0.29) is 12.5 Å². The van der Waals surface area contributed by atoms with Gasteiger partial charge in [-0.05, 0) is 24.3 Å². The van der Waals surface area contributed by atoms with E-state index >= 15 is 0 Å². The second-order valence-electron chi connectivity index (χ2n) is 5.78. The van der Waals surface area contributed by atoms with E-state index in [4.69, 9.17) is 5.11 Å². The van der Waals surface area contributed by atoms with Gasteiger partial charge in [0.15, 0.2) is 0 Å². The molecule has 1 aromatic heterocycles. The van der Waals surface area contributed by atoms with Gasteiger partial charge in [-0.2, -0.15) is 18.2 Å². The molecule has 144 valence electrons. The van der Waals surface area contributed by atoms with E-state index in [9.17, 15) is 18.0 Å². The number of nitrogens with one attached hydrogen (secondary N) is 2. The number of hydrogen-bond acceptors (Lipinski definition) is 5. The second-order valence-corrected chi connectivity index (χ2v) is 5.78. The summed E-state index contributed by atoms with van der Waals surface area (Å²) in [6.07, 6.45) is -4.41. The summed E-state index contributed by atoms with van der Waals surface area (Å²) in [7, 11) is 0. The summed E-state index contributed by atoms with van der Waals surface area (Å²) in [6.45, 7) is -0.377. The first-order valence-electron chi connectivity index (χ1n) is 8.16. The van der Waals surface area contributed by atoms with Crippen LogP contribution < -0.4 is 10.6 Å². The van der Waals surface area contributed by atoms with Gasteiger partial charge in [-0.15, -0.1) is 0 Å². The molecule has 0 saturated carbocycles. The van der Waals surface area contributed by atoms with E-state index in [1.807, 2.05) is 30.3 Å². The average molecular weight is 388 g/mol. The van der Waals surface area contributed by atoms with Gasteiger partial charge in [0, 0.05) is 17.3 Å². The Hall–Kier alpha value is -3.62. The number of rotatable bonds is 6. The minimum atomic E-state index is -4.41. The Balaban J connectivity index is 1.90. The fraction of sp³-hybridized carbons (Fsp3) is 0.105. The van der Waals surface area contributed by atoms with Gasteiger partial charge < -0.3 is 15.7 Å². The molecule has 0 radical (unpaired) electrons. The molecule has 0 spiro atoms. The summed E-state index contributed by atoms with van der Waals surface area (Å²) in [4.78, 5) is 19.3. The molecule has 3 aromatic rings. The number of carboxylic acid groups (broad SMARTS) is 1. The molecule has 28 heavy (non-hydrogen) atoms. The quantitative estimate of drug-likeness (QED) is 0.580. The Morgan fingerprint density at radius 2 is 1.68 bits per heavy atom. The second kappa shape index (κ2) is 7.95. The average Bonchev–Trinajstić information content (AvgIpc) is 2.67. The Morgan fingerprint density at radius 1 is 1.00 bits per heavy atom. The third-order valence-electron chi connectivity index (χ3n) is 3.68. The number of carbonyl (C=O) groups is 1. The predicted octanol–water partition coefficient (Wildman–Crippen LogP) is 4.40. The summed E-state index contributed by atoms with van der Waals surface area (Å²) >= 11 is 0. The fourth-order valence-corrected chi connectivity index (χ4v) is 2.39. The molecule has 0 aliphatic carbocycles. The first kappa shape index (κ1) is 19.2. The summed E-state index contributed by atoms with van der Waals surface area (Å²) < 4.78 is 38.1. The molecule has 0 unspecified atom stereocenters. The zero-order valence-corrected chi connectivity index (χ0v) is 14.4. The minimum Gasteiger partial charge on any atom is -0.480 e. The number of aromatic nitrogens is 2. The largest absolute Gasteiger partial charge is 0.480 e. The Morgan fingerprint density at radius 3 is 2.29 bits per heavy atom. The van der Waals surface area contributed by atoms with Crippen LogP contribution in [0.5, 0.6) is 0 Å². The maximum Gasteiger partial charge on any atom is 0.416 e. The molecule has 3 N–H and O–H groups in total. The first-order valence-corrected chi connectivity index (χ1v) is 8.16. The van der Waals surface area contributed by atoms with Gasteiger partial charge in [-0.25, -0.2) is 4.98 Å². The molecule has 0 aliphatic rings. The van der Waals surface area contributed by atoms with Crippen LogP contribution in [0.15, 0.2) is 60.7 Å². The molecule has 0 fully saturated rings. The molecule has 6 nitrogen and oxygen atoms in total. The van der Waals surface area contributed by atoms with E-state index in [2.05, 4.69) is 20.6 Å². The van der Waals surface area contributed by atoms with Crippen molar-refractivity contribution in [2.75, 3.05) is 17.2 Å². The normalized spacial score (nSPS) is 11.1. The van der Waals surface area contributed by atoms with Gasteiger partial charge >= 0.3 is 12.1 Å². The number of nitrogens with zero attached hydrogens (tertiary/aromatic N) is 2. The minimum absolute atomic E-state index is 0.0816. The third-order valence-corrected chi connectivity index (χ3v) is 3.68. The molecule has 0 bridgehead atoms. The zero-order valence-electron chi connectivity index (χ0n) is 14.4. The zero-order chi connectivity index (χ0) is 20.1. The molecule has 0 amide bonds. The van der Waals surface area contributed by atoms with E-state index in [1.54, 1.807) is 6.07 Å².